The lowest BCUT2D eigenvalue weighted by molar-refractivity contribution is -0.131. The molecule has 3 heterocycles. The molecule has 32 heavy (non-hydrogen) atoms. The molecule has 1 atom stereocenters. The Morgan fingerprint density at radius 2 is 2.03 bits per heavy atom. The van der Waals surface area contributed by atoms with Gasteiger partial charge < -0.3 is 9.47 Å². The van der Waals surface area contributed by atoms with Crippen LogP contribution in [0, 0.1) is 0 Å². The Balaban J connectivity index is 1.35. The number of carbonyl (C=O) groups is 2. The first-order chi connectivity index (χ1) is 15.5. The van der Waals surface area contributed by atoms with Gasteiger partial charge in [-0.25, -0.2) is 0 Å². The van der Waals surface area contributed by atoms with Crippen molar-refractivity contribution in [2.45, 2.75) is 45.9 Å². The van der Waals surface area contributed by atoms with Gasteiger partial charge in [-0.3, -0.25) is 19.8 Å². The van der Waals surface area contributed by atoms with E-state index >= 15 is 0 Å². The van der Waals surface area contributed by atoms with Crippen molar-refractivity contribution in [3.63, 3.8) is 0 Å². The largest absolute Gasteiger partial charge is 0.486 e. The normalized spacial score (nSPS) is 14.4. The number of anilines is 1. The number of thiophene rings is 1. The average Bonchev–Trinajstić information content (AvgIpc) is 3.38. The molecule has 1 aromatic carbocycles. The molecule has 1 aliphatic heterocycles. The Bertz CT molecular complexity index is 1080. The van der Waals surface area contributed by atoms with Gasteiger partial charge in [-0.1, -0.05) is 36.5 Å². The lowest BCUT2D eigenvalue weighted by atomic mass is 10.1. The highest BCUT2D eigenvalue weighted by molar-refractivity contribution is 7.15. The minimum atomic E-state index is -0.322. The first-order valence-electron chi connectivity index (χ1n) is 10.4. The molecule has 0 radical (unpaired) electrons. The molecule has 1 N–H and O–H groups in total. The van der Waals surface area contributed by atoms with Crippen LogP contribution in [-0.2, 0) is 29.2 Å². The van der Waals surface area contributed by atoms with Crippen LogP contribution in [-0.4, -0.2) is 39.6 Å². The van der Waals surface area contributed by atoms with Gasteiger partial charge in [0.1, 0.15) is 12.4 Å². The molecular weight excluding hydrogens is 448 g/mol. The fourth-order valence-corrected chi connectivity index (χ4v) is 5.31. The third-order valence-corrected chi connectivity index (χ3v) is 6.98. The summed E-state index contributed by atoms with van der Waals surface area (Å²) in [7, 11) is 0. The molecule has 0 fully saturated rings. The van der Waals surface area contributed by atoms with Crippen LogP contribution in [0.2, 0.25) is 0 Å². The SMILES string of the molecule is CCC(C(=O)Nc1nnc(COc2ccccc2)s1)N1CCc2sc(OC(C)=O)cc2C1. The lowest BCUT2D eigenvalue weighted by Gasteiger charge is -2.32. The van der Waals surface area contributed by atoms with Crippen molar-refractivity contribution in [3.8, 4) is 10.8 Å². The second kappa shape index (κ2) is 10.2. The van der Waals surface area contributed by atoms with Crippen LogP contribution >= 0.6 is 22.7 Å². The molecule has 0 bridgehead atoms. The zero-order chi connectivity index (χ0) is 22.5. The summed E-state index contributed by atoms with van der Waals surface area (Å²) in [5, 5.41) is 12.9. The predicted molar refractivity (Wildman–Crippen MR) is 123 cm³/mol. The van der Waals surface area contributed by atoms with Gasteiger partial charge in [-0.2, -0.15) is 0 Å². The number of hydrogen-bond donors (Lipinski definition) is 1. The highest BCUT2D eigenvalue weighted by atomic mass is 32.1. The summed E-state index contributed by atoms with van der Waals surface area (Å²) in [6.45, 7) is 5.11. The van der Waals surface area contributed by atoms with E-state index in [9.17, 15) is 9.59 Å². The third-order valence-electron chi connectivity index (χ3n) is 5.05. The van der Waals surface area contributed by atoms with E-state index < -0.39 is 0 Å². The summed E-state index contributed by atoms with van der Waals surface area (Å²) >= 11 is 2.81. The highest BCUT2D eigenvalue weighted by Crippen LogP contribution is 2.34. The number of amides is 1. The highest BCUT2D eigenvalue weighted by Gasteiger charge is 2.29. The first-order valence-corrected chi connectivity index (χ1v) is 12.0. The van der Waals surface area contributed by atoms with Gasteiger partial charge in [0.2, 0.25) is 11.0 Å². The van der Waals surface area contributed by atoms with Crippen molar-refractivity contribution in [2.24, 2.45) is 0 Å². The van der Waals surface area contributed by atoms with E-state index in [0.717, 1.165) is 24.3 Å². The van der Waals surface area contributed by atoms with Crippen molar-refractivity contribution in [2.75, 3.05) is 11.9 Å². The molecule has 4 rings (SSSR count). The van der Waals surface area contributed by atoms with E-state index in [0.29, 0.717) is 34.8 Å². The molecule has 0 saturated heterocycles. The first kappa shape index (κ1) is 22.4. The second-order valence-corrected chi connectivity index (χ2v) is 9.51. The summed E-state index contributed by atoms with van der Waals surface area (Å²) in [5.74, 6) is 0.337. The zero-order valence-electron chi connectivity index (χ0n) is 17.9. The number of rotatable bonds is 8. The predicted octanol–water partition coefficient (Wildman–Crippen LogP) is 3.88. The Hall–Kier alpha value is -2.82. The van der Waals surface area contributed by atoms with Crippen LogP contribution in [0.15, 0.2) is 36.4 Å². The molecule has 3 aromatic rings. The molecule has 2 aromatic heterocycles. The number of esters is 1. The number of aromatic nitrogens is 2. The van der Waals surface area contributed by atoms with Crippen LogP contribution in [0.5, 0.6) is 10.8 Å². The van der Waals surface area contributed by atoms with Gasteiger partial charge in [0.15, 0.2) is 10.1 Å². The minimum absolute atomic E-state index is 0.0990. The van der Waals surface area contributed by atoms with Crippen molar-refractivity contribution >= 4 is 39.7 Å². The van der Waals surface area contributed by atoms with E-state index in [1.165, 1.54) is 34.5 Å². The number of hydrogen-bond acceptors (Lipinski definition) is 9. The fourth-order valence-electron chi connectivity index (χ4n) is 3.61. The summed E-state index contributed by atoms with van der Waals surface area (Å²) in [5.41, 5.74) is 1.11. The van der Waals surface area contributed by atoms with E-state index in [-0.39, 0.29) is 17.9 Å². The van der Waals surface area contributed by atoms with Crippen LogP contribution in [0.4, 0.5) is 5.13 Å². The maximum atomic E-state index is 13.0. The molecule has 0 aliphatic carbocycles. The van der Waals surface area contributed by atoms with Crippen LogP contribution in [0.3, 0.4) is 0 Å². The summed E-state index contributed by atoms with van der Waals surface area (Å²) in [6, 6.07) is 11.1. The number of fused-ring (bicyclic) bond motifs is 1. The van der Waals surface area contributed by atoms with E-state index in [2.05, 4.69) is 20.4 Å². The Morgan fingerprint density at radius 3 is 2.78 bits per heavy atom. The molecule has 1 aliphatic rings. The zero-order valence-corrected chi connectivity index (χ0v) is 19.5. The lowest BCUT2D eigenvalue weighted by Crippen LogP contribution is -2.45. The number of para-hydroxylation sites is 1. The fraction of sp³-hybridized carbons (Fsp3) is 0.364. The number of benzene rings is 1. The van der Waals surface area contributed by atoms with Gasteiger partial charge in [0, 0.05) is 24.9 Å². The maximum Gasteiger partial charge on any atom is 0.308 e. The average molecular weight is 473 g/mol. The van der Waals surface area contributed by atoms with Crippen LogP contribution in [0.25, 0.3) is 0 Å². The molecule has 168 valence electrons. The van der Waals surface area contributed by atoms with Crippen molar-refractivity contribution < 1.29 is 19.1 Å². The number of carbonyl (C=O) groups excluding carboxylic acids is 2. The molecule has 8 nitrogen and oxygen atoms in total. The van der Waals surface area contributed by atoms with Crippen molar-refractivity contribution in [3.05, 3.63) is 51.8 Å². The molecule has 10 heteroatoms. The van der Waals surface area contributed by atoms with E-state index in [1.807, 2.05) is 43.3 Å². The molecule has 1 amide bonds. The van der Waals surface area contributed by atoms with Crippen molar-refractivity contribution in [1.82, 2.24) is 15.1 Å². The maximum absolute atomic E-state index is 13.0. The van der Waals surface area contributed by atoms with E-state index in [1.54, 1.807) is 0 Å². The van der Waals surface area contributed by atoms with Gasteiger partial charge in [0.05, 0.1) is 6.04 Å². The number of nitrogens with one attached hydrogen (secondary N) is 1. The smallest absolute Gasteiger partial charge is 0.308 e. The standard InChI is InChI=1S/C22H24N4O4S2/c1-3-17(26-10-9-18-15(12-26)11-20(31-18)30-14(2)27)21(28)23-22-25-24-19(32-22)13-29-16-7-5-4-6-8-16/h4-8,11,17H,3,9-10,12-13H2,1-2H3,(H,23,25,28). The number of nitrogens with zero attached hydrogens (tertiary/aromatic N) is 3. The Kier molecular flexibility index (Phi) is 7.13. The van der Waals surface area contributed by atoms with Crippen LogP contribution < -0.4 is 14.8 Å². The van der Waals surface area contributed by atoms with Crippen LogP contribution in [0.1, 0.15) is 35.7 Å². The summed E-state index contributed by atoms with van der Waals surface area (Å²) < 4.78 is 10.9. The summed E-state index contributed by atoms with van der Waals surface area (Å²) in [4.78, 5) is 27.6. The minimum Gasteiger partial charge on any atom is -0.486 e. The molecule has 0 spiro atoms. The third kappa shape index (κ3) is 5.50. The van der Waals surface area contributed by atoms with Gasteiger partial charge in [-0.15, -0.1) is 21.5 Å². The Labute approximate surface area is 194 Å². The quantitative estimate of drug-likeness (QED) is 0.497. The summed E-state index contributed by atoms with van der Waals surface area (Å²) in [6.07, 6.45) is 1.50. The second-order valence-electron chi connectivity index (χ2n) is 7.34. The van der Waals surface area contributed by atoms with Gasteiger partial charge in [0.25, 0.3) is 0 Å². The monoisotopic (exact) mass is 472 g/mol. The van der Waals surface area contributed by atoms with Gasteiger partial charge in [-0.05, 0) is 36.6 Å². The molecule has 1 unspecified atom stereocenters. The Morgan fingerprint density at radius 1 is 1.22 bits per heavy atom. The van der Waals surface area contributed by atoms with Gasteiger partial charge >= 0.3 is 5.97 Å². The number of ether oxygens (including phenoxy) is 2. The van der Waals surface area contributed by atoms with E-state index in [4.69, 9.17) is 9.47 Å². The molecule has 0 saturated carbocycles. The topological polar surface area (TPSA) is 93.7 Å². The van der Waals surface area contributed by atoms with Crippen molar-refractivity contribution in [1.29, 1.82) is 0 Å². The molecular formula is C22H24N4O4S2.